The number of rotatable bonds is 1. The molecule has 0 aliphatic carbocycles. The third-order valence-corrected chi connectivity index (χ3v) is 6.18. The first-order valence-electron chi connectivity index (χ1n) is 10.4. The monoisotopic (exact) mass is 403 g/mol. The Morgan fingerprint density at radius 3 is 2.06 bits per heavy atom. The highest BCUT2D eigenvalue weighted by Crippen LogP contribution is 2.58. The summed E-state index contributed by atoms with van der Waals surface area (Å²) in [6, 6.07) is 24.5. The molecule has 0 atom stereocenters. The molecule has 31 heavy (non-hydrogen) atoms. The lowest BCUT2D eigenvalue weighted by molar-refractivity contribution is 0.110. The van der Waals surface area contributed by atoms with Gasteiger partial charge in [0.05, 0.1) is 5.70 Å². The number of benzene rings is 3. The summed E-state index contributed by atoms with van der Waals surface area (Å²) in [5, 5.41) is 0. The Morgan fingerprint density at radius 2 is 1.39 bits per heavy atom. The summed E-state index contributed by atoms with van der Waals surface area (Å²) >= 11 is 0. The molecule has 0 bridgehead atoms. The summed E-state index contributed by atoms with van der Waals surface area (Å²) in [4.78, 5) is 2.14. The fraction of sp³-hybridized carbons (Fsp3) is 0.0714. The lowest BCUT2D eigenvalue weighted by Gasteiger charge is -2.48. The van der Waals surface area contributed by atoms with Crippen LogP contribution in [0.4, 0.5) is 0 Å². The van der Waals surface area contributed by atoms with Crippen LogP contribution in [0, 0.1) is 0 Å². The van der Waals surface area contributed by atoms with Crippen LogP contribution in [-0.2, 0) is 5.60 Å². The lowest BCUT2D eigenvalue weighted by Crippen LogP contribution is -2.46. The van der Waals surface area contributed by atoms with E-state index in [1.807, 2.05) is 72.8 Å². The smallest absolute Gasteiger partial charge is 0.207 e. The molecule has 3 aromatic carbocycles. The van der Waals surface area contributed by atoms with Gasteiger partial charge in [0.1, 0.15) is 17.2 Å². The molecule has 150 valence electrons. The van der Waals surface area contributed by atoms with E-state index in [0.717, 1.165) is 50.9 Å². The molecular weight excluding hydrogens is 382 g/mol. The van der Waals surface area contributed by atoms with Crippen molar-refractivity contribution in [2.45, 2.75) is 12.5 Å². The van der Waals surface area contributed by atoms with E-state index in [0.29, 0.717) is 0 Å². The second kappa shape index (κ2) is 6.51. The second-order valence-electron chi connectivity index (χ2n) is 7.91. The van der Waals surface area contributed by atoms with Crippen LogP contribution in [0.25, 0.3) is 5.57 Å². The predicted molar refractivity (Wildman–Crippen MR) is 123 cm³/mol. The minimum absolute atomic E-state index is 0.799. The van der Waals surface area contributed by atoms with Crippen molar-refractivity contribution in [3.05, 3.63) is 132 Å². The molecule has 0 aromatic heterocycles. The molecule has 0 radical (unpaired) electrons. The summed E-state index contributed by atoms with van der Waals surface area (Å²) in [7, 11) is 0. The van der Waals surface area contributed by atoms with Crippen LogP contribution in [0.2, 0.25) is 0 Å². The third-order valence-electron chi connectivity index (χ3n) is 6.18. The van der Waals surface area contributed by atoms with Crippen LogP contribution in [0.15, 0.2) is 115 Å². The molecule has 0 saturated carbocycles. The lowest BCUT2D eigenvalue weighted by atomic mass is 9.76. The minimum atomic E-state index is -0.873. The molecule has 0 saturated heterocycles. The van der Waals surface area contributed by atoms with Crippen molar-refractivity contribution in [2.24, 2.45) is 0 Å². The topological polar surface area (TPSA) is 21.7 Å². The van der Waals surface area contributed by atoms with Crippen molar-refractivity contribution in [2.75, 3.05) is 0 Å². The van der Waals surface area contributed by atoms with Gasteiger partial charge in [-0.05, 0) is 42.8 Å². The van der Waals surface area contributed by atoms with Gasteiger partial charge in [-0.2, -0.15) is 0 Å². The van der Waals surface area contributed by atoms with Crippen LogP contribution < -0.4 is 9.47 Å². The number of hydrogen-bond donors (Lipinski definition) is 0. The van der Waals surface area contributed by atoms with E-state index >= 15 is 0 Å². The largest absolute Gasteiger partial charge is 0.470 e. The predicted octanol–water partition coefficient (Wildman–Crippen LogP) is 6.76. The molecule has 3 aliphatic heterocycles. The van der Waals surface area contributed by atoms with Gasteiger partial charge in [0, 0.05) is 28.6 Å². The molecule has 3 heteroatoms. The van der Waals surface area contributed by atoms with Gasteiger partial charge in [0.25, 0.3) is 0 Å². The van der Waals surface area contributed by atoms with Crippen molar-refractivity contribution >= 4 is 5.57 Å². The number of ether oxygens (including phenoxy) is 2. The highest BCUT2D eigenvalue weighted by Gasteiger charge is 2.52. The van der Waals surface area contributed by atoms with Gasteiger partial charge in [-0.3, -0.25) is 0 Å². The average molecular weight is 403 g/mol. The molecule has 0 fully saturated rings. The molecule has 0 amide bonds. The molecule has 1 spiro atoms. The number of para-hydroxylation sites is 3. The average Bonchev–Trinajstić information content (AvgIpc) is 2.80. The summed E-state index contributed by atoms with van der Waals surface area (Å²) in [6.07, 6.45) is 8.11. The summed E-state index contributed by atoms with van der Waals surface area (Å²) in [5.41, 5.74) is 5.24. The highest BCUT2D eigenvalue weighted by molar-refractivity contribution is 5.79. The van der Waals surface area contributed by atoms with E-state index in [1.165, 1.54) is 0 Å². The second-order valence-corrected chi connectivity index (χ2v) is 7.91. The van der Waals surface area contributed by atoms with E-state index in [4.69, 9.17) is 9.47 Å². The fourth-order valence-electron chi connectivity index (χ4n) is 4.84. The van der Waals surface area contributed by atoms with E-state index in [9.17, 15) is 0 Å². The van der Waals surface area contributed by atoms with Gasteiger partial charge in [0.2, 0.25) is 5.60 Å². The summed E-state index contributed by atoms with van der Waals surface area (Å²) in [6.45, 7) is 6.48. The zero-order valence-electron chi connectivity index (χ0n) is 17.2. The van der Waals surface area contributed by atoms with Crippen molar-refractivity contribution < 1.29 is 9.47 Å². The number of fused-ring (bicyclic) bond motifs is 5. The standard InChI is InChI=1S/C28H21NO2/c1-19-11-9-10-18-29(19)27-20(2)21-12-3-6-15-24(21)31-28(27)22-13-4-7-16-25(22)30-26-17-8-5-14-23(26)28/h3-18H,1H2,2H3. The molecule has 3 aromatic rings. The van der Waals surface area contributed by atoms with Crippen LogP contribution in [0.3, 0.4) is 0 Å². The van der Waals surface area contributed by atoms with Crippen LogP contribution in [-0.4, -0.2) is 4.90 Å². The van der Waals surface area contributed by atoms with E-state index < -0.39 is 5.60 Å². The normalized spacial score (nSPS) is 17.6. The van der Waals surface area contributed by atoms with Gasteiger partial charge in [-0.25, -0.2) is 0 Å². The van der Waals surface area contributed by atoms with E-state index in [1.54, 1.807) is 0 Å². The maximum absolute atomic E-state index is 7.02. The van der Waals surface area contributed by atoms with Crippen molar-refractivity contribution in [1.82, 2.24) is 4.90 Å². The maximum atomic E-state index is 7.02. The Kier molecular flexibility index (Phi) is 3.75. The Labute approximate surface area is 181 Å². The maximum Gasteiger partial charge on any atom is 0.207 e. The van der Waals surface area contributed by atoms with Gasteiger partial charge >= 0.3 is 0 Å². The molecule has 0 N–H and O–H groups in total. The first-order valence-corrected chi connectivity index (χ1v) is 10.4. The zero-order valence-corrected chi connectivity index (χ0v) is 17.2. The quantitative estimate of drug-likeness (QED) is 0.448. The van der Waals surface area contributed by atoms with Crippen LogP contribution in [0.1, 0.15) is 23.6 Å². The SMILES string of the molecule is C=C1C=CC=CN1C1=C(C)c2ccccc2OC12c1ccccc1Oc1ccccc12. The van der Waals surface area contributed by atoms with Gasteiger partial charge in [-0.1, -0.05) is 67.3 Å². The fourth-order valence-corrected chi connectivity index (χ4v) is 4.84. The first-order chi connectivity index (χ1) is 15.2. The number of hydrogen-bond acceptors (Lipinski definition) is 3. The molecule has 3 heterocycles. The number of allylic oxidation sites excluding steroid dienone is 4. The Bertz CT molecular complexity index is 1280. The number of nitrogens with zero attached hydrogens (tertiary/aromatic N) is 1. The summed E-state index contributed by atoms with van der Waals surface area (Å²) in [5.74, 6) is 2.46. The molecule has 6 rings (SSSR count). The van der Waals surface area contributed by atoms with Crippen molar-refractivity contribution in [1.29, 1.82) is 0 Å². The van der Waals surface area contributed by atoms with Gasteiger partial charge < -0.3 is 14.4 Å². The Morgan fingerprint density at radius 1 is 0.774 bits per heavy atom. The third kappa shape index (κ3) is 2.40. The minimum Gasteiger partial charge on any atom is -0.470 e. The molecular formula is C28H21NO2. The highest BCUT2D eigenvalue weighted by atomic mass is 16.5. The van der Waals surface area contributed by atoms with E-state index in [-0.39, 0.29) is 0 Å². The van der Waals surface area contributed by atoms with Crippen molar-refractivity contribution in [3.63, 3.8) is 0 Å². The van der Waals surface area contributed by atoms with Crippen LogP contribution in [0.5, 0.6) is 17.2 Å². The van der Waals surface area contributed by atoms with Crippen molar-refractivity contribution in [3.8, 4) is 17.2 Å². The molecule has 3 nitrogen and oxygen atoms in total. The van der Waals surface area contributed by atoms with Gasteiger partial charge in [0.15, 0.2) is 0 Å². The van der Waals surface area contributed by atoms with E-state index in [2.05, 4.69) is 42.8 Å². The zero-order chi connectivity index (χ0) is 21.0. The first kappa shape index (κ1) is 17.8. The Hall–Kier alpha value is -3.98. The molecule has 3 aliphatic rings. The van der Waals surface area contributed by atoms with Crippen LogP contribution >= 0.6 is 0 Å². The summed E-state index contributed by atoms with van der Waals surface area (Å²) < 4.78 is 13.3. The Balaban J connectivity index is 1.75. The van der Waals surface area contributed by atoms with Gasteiger partial charge in [-0.15, -0.1) is 0 Å². The molecule has 0 unspecified atom stereocenters.